The van der Waals surface area contributed by atoms with Crippen LogP contribution in [0.2, 0.25) is 0 Å². The van der Waals surface area contributed by atoms with Gasteiger partial charge < -0.3 is 15.5 Å². The van der Waals surface area contributed by atoms with Gasteiger partial charge in [0.05, 0.1) is 5.69 Å². The minimum Gasteiger partial charge on any atom is -0.441 e. The minimum atomic E-state index is -0.827. The largest absolute Gasteiger partial charge is 0.441 e. The fraction of sp³-hybridized carbons (Fsp3) is 0.158. The summed E-state index contributed by atoms with van der Waals surface area (Å²) in [7, 11) is 0. The Morgan fingerprint density at radius 3 is 2.71 bits per heavy atom. The summed E-state index contributed by atoms with van der Waals surface area (Å²) in [6.45, 7) is 1.74. The Bertz CT molecular complexity index is 1110. The minimum absolute atomic E-state index is 0.0455. The topological polar surface area (TPSA) is 114 Å². The van der Waals surface area contributed by atoms with Crippen molar-refractivity contribution >= 4 is 40.0 Å². The smallest absolute Gasteiger partial charge is 0.271 e. The standard InChI is InChI=1S/C19H16FN5O3/c1-10-22-14-8-12(4-7-17(14)28-10)23-19(27)15-9-16(18(21)26)25(24-15)13-5-2-11(20)3-6-13/h2-8,16H,9H2,1H3,(H2,21,26)(H,23,27). The predicted molar refractivity (Wildman–Crippen MR) is 101 cm³/mol. The van der Waals surface area contributed by atoms with Gasteiger partial charge in [0.25, 0.3) is 5.91 Å². The molecule has 9 heteroatoms. The maximum atomic E-state index is 13.2. The van der Waals surface area contributed by atoms with Crippen LogP contribution in [0.25, 0.3) is 11.1 Å². The van der Waals surface area contributed by atoms with E-state index in [-0.39, 0.29) is 12.1 Å². The molecule has 28 heavy (non-hydrogen) atoms. The molecular formula is C19H16FN5O3. The van der Waals surface area contributed by atoms with E-state index in [1.807, 2.05) is 0 Å². The summed E-state index contributed by atoms with van der Waals surface area (Å²) in [6, 6.07) is 9.68. The summed E-state index contributed by atoms with van der Waals surface area (Å²) in [4.78, 5) is 28.7. The van der Waals surface area contributed by atoms with Gasteiger partial charge in [-0.1, -0.05) is 0 Å². The Morgan fingerprint density at radius 2 is 2.00 bits per heavy atom. The zero-order valence-electron chi connectivity index (χ0n) is 14.8. The maximum Gasteiger partial charge on any atom is 0.271 e. The number of primary amides is 1. The predicted octanol–water partition coefficient (Wildman–Crippen LogP) is 2.33. The molecule has 0 saturated carbocycles. The lowest BCUT2D eigenvalue weighted by atomic mass is 10.1. The number of nitrogens with two attached hydrogens (primary N) is 1. The van der Waals surface area contributed by atoms with Gasteiger partial charge in [-0.2, -0.15) is 5.10 Å². The fourth-order valence-corrected chi connectivity index (χ4v) is 3.02. The van der Waals surface area contributed by atoms with Crippen molar-refractivity contribution in [2.75, 3.05) is 10.3 Å². The summed E-state index contributed by atoms with van der Waals surface area (Å²) in [5, 5.41) is 8.30. The van der Waals surface area contributed by atoms with Crippen molar-refractivity contribution in [3.63, 3.8) is 0 Å². The molecule has 4 rings (SSSR count). The van der Waals surface area contributed by atoms with E-state index in [9.17, 15) is 14.0 Å². The molecule has 3 aromatic rings. The zero-order valence-corrected chi connectivity index (χ0v) is 14.8. The first-order valence-corrected chi connectivity index (χ1v) is 8.51. The van der Waals surface area contributed by atoms with Crippen LogP contribution >= 0.6 is 0 Å². The molecular weight excluding hydrogens is 365 g/mol. The molecule has 0 fully saturated rings. The van der Waals surface area contributed by atoms with Crippen molar-refractivity contribution < 1.29 is 18.4 Å². The van der Waals surface area contributed by atoms with Crippen LogP contribution in [0.1, 0.15) is 12.3 Å². The Kier molecular flexibility index (Phi) is 4.26. The highest BCUT2D eigenvalue weighted by atomic mass is 19.1. The number of aryl methyl sites for hydroxylation is 1. The molecule has 0 bridgehead atoms. The number of carbonyl (C=O) groups is 2. The average Bonchev–Trinajstić information content (AvgIpc) is 3.25. The van der Waals surface area contributed by atoms with Crippen LogP contribution in [0.4, 0.5) is 15.8 Å². The van der Waals surface area contributed by atoms with Gasteiger partial charge in [0.15, 0.2) is 11.5 Å². The summed E-state index contributed by atoms with van der Waals surface area (Å²) < 4.78 is 18.6. The number of hydrogen-bond donors (Lipinski definition) is 2. The number of nitrogens with one attached hydrogen (secondary N) is 1. The van der Waals surface area contributed by atoms with Crippen LogP contribution in [-0.2, 0) is 9.59 Å². The molecule has 0 saturated heterocycles. The molecule has 1 unspecified atom stereocenters. The van der Waals surface area contributed by atoms with Gasteiger partial charge in [-0.3, -0.25) is 14.6 Å². The van der Waals surface area contributed by atoms with E-state index in [4.69, 9.17) is 10.2 Å². The van der Waals surface area contributed by atoms with E-state index in [1.54, 1.807) is 25.1 Å². The third-order valence-corrected chi connectivity index (χ3v) is 4.34. The molecule has 142 valence electrons. The third kappa shape index (κ3) is 3.29. The number of halogens is 1. The lowest BCUT2D eigenvalue weighted by molar-refractivity contribution is -0.119. The van der Waals surface area contributed by atoms with Crippen molar-refractivity contribution in [3.05, 3.63) is 54.2 Å². The number of carbonyl (C=O) groups excluding carboxylic acids is 2. The highest BCUT2D eigenvalue weighted by Gasteiger charge is 2.35. The SMILES string of the molecule is Cc1nc2cc(NC(=O)C3=NN(c4ccc(F)cc4)C(C(N)=O)C3)ccc2o1. The molecule has 8 nitrogen and oxygen atoms in total. The number of oxazole rings is 1. The van der Waals surface area contributed by atoms with E-state index in [1.165, 1.54) is 29.3 Å². The normalized spacial score (nSPS) is 16.3. The number of anilines is 2. The molecule has 1 atom stereocenters. The fourth-order valence-electron chi connectivity index (χ4n) is 3.02. The Morgan fingerprint density at radius 1 is 1.25 bits per heavy atom. The Hall–Kier alpha value is -3.75. The Balaban J connectivity index is 1.57. The third-order valence-electron chi connectivity index (χ3n) is 4.34. The second kappa shape index (κ2) is 6.76. The van der Waals surface area contributed by atoms with Crippen molar-refractivity contribution in [3.8, 4) is 0 Å². The van der Waals surface area contributed by atoms with Crippen molar-refractivity contribution in [1.29, 1.82) is 0 Å². The van der Waals surface area contributed by atoms with Gasteiger partial charge >= 0.3 is 0 Å². The first kappa shape index (κ1) is 17.7. The van der Waals surface area contributed by atoms with E-state index in [0.717, 1.165) is 0 Å². The number of fused-ring (bicyclic) bond motifs is 1. The van der Waals surface area contributed by atoms with E-state index < -0.39 is 23.7 Å². The van der Waals surface area contributed by atoms with Gasteiger partial charge in [0.1, 0.15) is 23.1 Å². The number of amides is 2. The molecule has 2 aromatic carbocycles. The van der Waals surface area contributed by atoms with Gasteiger partial charge in [-0.15, -0.1) is 0 Å². The summed E-state index contributed by atoms with van der Waals surface area (Å²) in [6.07, 6.45) is 0.0455. The number of hydrogen-bond acceptors (Lipinski definition) is 6. The molecule has 0 radical (unpaired) electrons. The van der Waals surface area contributed by atoms with Crippen molar-refractivity contribution in [2.24, 2.45) is 10.8 Å². The van der Waals surface area contributed by atoms with Gasteiger partial charge in [0, 0.05) is 19.0 Å². The Labute approximate surface area is 158 Å². The molecule has 3 N–H and O–H groups in total. The number of benzene rings is 2. The second-order valence-corrected chi connectivity index (χ2v) is 6.36. The summed E-state index contributed by atoms with van der Waals surface area (Å²) in [5.74, 6) is -0.984. The lowest BCUT2D eigenvalue weighted by Gasteiger charge is -2.20. The number of rotatable bonds is 4. The summed E-state index contributed by atoms with van der Waals surface area (Å²) >= 11 is 0. The van der Waals surface area contributed by atoms with E-state index in [0.29, 0.717) is 28.4 Å². The maximum absolute atomic E-state index is 13.2. The van der Waals surface area contributed by atoms with Gasteiger partial charge in [0.2, 0.25) is 5.91 Å². The molecule has 0 aliphatic carbocycles. The van der Waals surface area contributed by atoms with E-state index >= 15 is 0 Å². The average molecular weight is 381 g/mol. The van der Waals surface area contributed by atoms with Gasteiger partial charge in [-0.25, -0.2) is 9.37 Å². The van der Waals surface area contributed by atoms with Crippen molar-refractivity contribution in [2.45, 2.75) is 19.4 Å². The van der Waals surface area contributed by atoms with E-state index in [2.05, 4.69) is 15.4 Å². The molecule has 0 spiro atoms. The van der Waals surface area contributed by atoms with Crippen LogP contribution < -0.4 is 16.1 Å². The van der Waals surface area contributed by atoms with Crippen LogP contribution in [0.3, 0.4) is 0 Å². The zero-order chi connectivity index (χ0) is 19.8. The highest BCUT2D eigenvalue weighted by Crippen LogP contribution is 2.26. The van der Waals surface area contributed by atoms with Crippen molar-refractivity contribution in [1.82, 2.24) is 4.98 Å². The molecule has 1 aromatic heterocycles. The molecule has 1 aliphatic rings. The summed E-state index contributed by atoms with van der Waals surface area (Å²) in [5.41, 5.74) is 7.82. The first-order chi connectivity index (χ1) is 13.4. The highest BCUT2D eigenvalue weighted by molar-refractivity contribution is 6.44. The number of aromatic nitrogens is 1. The van der Waals surface area contributed by atoms with Crippen LogP contribution in [0.15, 0.2) is 52.0 Å². The molecule has 2 amide bonds. The van der Waals surface area contributed by atoms with Gasteiger partial charge in [-0.05, 0) is 42.5 Å². The lowest BCUT2D eigenvalue weighted by Crippen LogP contribution is -2.39. The number of nitrogens with zero attached hydrogens (tertiary/aromatic N) is 3. The first-order valence-electron chi connectivity index (χ1n) is 8.51. The van der Waals surface area contributed by atoms with Crippen LogP contribution in [0, 0.1) is 12.7 Å². The second-order valence-electron chi connectivity index (χ2n) is 6.36. The number of hydrazone groups is 1. The van der Waals surface area contributed by atoms with Crippen LogP contribution in [0.5, 0.6) is 0 Å². The molecule has 2 heterocycles. The molecule has 1 aliphatic heterocycles. The quantitative estimate of drug-likeness (QED) is 0.720. The monoisotopic (exact) mass is 381 g/mol. The van der Waals surface area contributed by atoms with Crippen LogP contribution in [-0.4, -0.2) is 28.6 Å².